The number of aromatic nitrogens is 2. The molecule has 28 heavy (non-hydrogen) atoms. The summed E-state index contributed by atoms with van der Waals surface area (Å²) in [7, 11) is 0. The van der Waals surface area contributed by atoms with Gasteiger partial charge in [0.05, 0.1) is 13.0 Å². The molecule has 0 radical (unpaired) electrons. The molecule has 0 saturated carbocycles. The molecule has 0 unspecified atom stereocenters. The molecule has 0 saturated heterocycles. The van der Waals surface area contributed by atoms with Gasteiger partial charge in [-0.05, 0) is 30.7 Å². The fourth-order valence-electron chi connectivity index (χ4n) is 3.55. The summed E-state index contributed by atoms with van der Waals surface area (Å²) in [6.07, 6.45) is 4.02. The molecule has 7 heteroatoms. The second kappa shape index (κ2) is 8.65. The summed E-state index contributed by atoms with van der Waals surface area (Å²) in [5.41, 5.74) is 2.71. The molecule has 3 aromatic rings. The highest BCUT2D eigenvalue weighted by Crippen LogP contribution is 2.24. The van der Waals surface area contributed by atoms with Crippen LogP contribution in [0.25, 0.3) is 11.3 Å². The van der Waals surface area contributed by atoms with E-state index >= 15 is 0 Å². The number of ether oxygens (including phenoxy) is 1. The van der Waals surface area contributed by atoms with Crippen molar-refractivity contribution >= 4 is 5.78 Å². The van der Waals surface area contributed by atoms with Gasteiger partial charge in [-0.15, -0.1) is 0 Å². The Hall–Kier alpha value is -2.54. The number of hydrogen-bond donors (Lipinski definition) is 0. The third-order valence-electron chi connectivity index (χ3n) is 4.78. The van der Waals surface area contributed by atoms with E-state index in [-0.39, 0.29) is 35.1 Å². The van der Waals surface area contributed by atoms with Gasteiger partial charge >= 0.3 is 6.61 Å². The average Bonchev–Trinajstić information content (AvgIpc) is 3.26. The molecule has 0 aliphatic carbocycles. The third-order valence-corrected chi connectivity index (χ3v) is 4.78. The van der Waals surface area contributed by atoms with Crippen LogP contribution >= 0.6 is 0 Å². The Morgan fingerprint density at radius 1 is 1.11 bits per heavy atom. The molecule has 0 spiro atoms. The van der Waals surface area contributed by atoms with Gasteiger partial charge in [-0.3, -0.25) is 4.79 Å². The van der Waals surface area contributed by atoms with Gasteiger partial charge in [-0.25, -0.2) is 9.13 Å². The Morgan fingerprint density at radius 2 is 1.82 bits per heavy atom. The number of fused-ring (bicyclic) bond motifs is 1. The molecular weight excluding hydrogens is 430 g/mol. The van der Waals surface area contributed by atoms with Crippen LogP contribution in [-0.2, 0) is 19.5 Å². The minimum Gasteiger partial charge on any atom is -1.00 e. The number of ketones is 1. The lowest BCUT2D eigenvalue weighted by Crippen LogP contribution is -3.00. The van der Waals surface area contributed by atoms with E-state index in [0.29, 0.717) is 5.56 Å². The molecule has 146 valence electrons. The van der Waals surface area contributed by atoms with Crippen LogP contribution < -0.4 is 26.3 Å². The zero-order chi connectivity index (χ0) is 18.8. The molecule has 2 aromatic carbocycles. The van der Waals surface area contributed by atoms with E-state index < -0.39 is 6.61 Å². The molecule has 0 N–H and O–H groups in total. The predicted octanol–water partition coefficient (Wildman–Crippen LogP) is 0.877. The van der Waals surface area contributed by atoms with Gasteiger partial charge < -0.3 is 21.7 Å². The van der Waals surface area contributed by atoms with Crippen molar-refractivity contribution in [2.45, 2.75) is 32.5 Å². The second-order valence-electron chi connectivity index (χ2n) is 6.51. The van der Waals surface area contributed by atoms with Crippen LogP contribution in [0.4, 0.5) is 8.78 Å². The molecule has 1 aliphatic rings. The third kappa shape index (κ3) is 4.14. The molecule has 4 rings (SSSR count). The first kappa shape index (κ1) is 20.2. The van der Waals surface area contributed by atoms with E-state index in [0.717, 1.165) is 36.5 Å². The Labute approximate surface area is 172 Å². The van der Waals surface area contributed by atoms with Gasteiger partial charge in [0.25, 0.3) is 5.82 Å². The molecule has 1 aliphatic heterocycles. The number of imidazole rings is 1. The van der Waals surface area contributed by atoms with Gasteiger partial charge in [0.1, 0.15) is 11.9 Å². The minimum absolute atomic E-state index is 0. The zero-order valence-corrected chi connectivity index (χ0v) is 16.6. The second-order valence-corrected chi connectivity index (χ2v) is 6.51. The molecule has 2 heterocycles. The van der Waals surface area contributed by atoms with E-state index in [1.807, 2.05) is 29.0 Å². The van der Waals surface area contributed by atoms with Crippen molar-refractivity contribution in [3.8, 4) is 17.0 Å². The molecule has 0 amide bonds. The fourth-order valence-corrected chi connectivity index (χ4v) is 3.55. The number of halogens is 3. The molecule has 0 fully saturated rings. The first-order chi connectivity index (χ1) is 13.1. The lowest BCUT2D eigenvalue weighted by molar-refractivity contribution is -0.689. The van der Waals surface area contributed by atoms with Crippen LogP contribution in [0.3, 0.4) is 0 Å². The summed E-state index contributed by atoms with van der Waals surface area (Å²) >= 11 is 0. The zero-order valence-electron chi connectivity index (χ0n) is 15.0. The van der Waals surface area contributed by atoms with Crippen molar-refractivity contribution in [3.05, 3.63) is 72.2 Å². The smallest absolute Gasteiger partial charge is 0.387 e. The van der Waals surface area contributed by atoms with Crippen molar-refractivity contribution in [3.63, 3.8) is 0 Å². The van der Waals surface area contributed by atoms with Crippen LogP contribution in [0.15, 0.2) is 60.8 Å². The maximum atomic E-state index is 12.7. The van der Waals surface area contributed by atoms with E-state index in [9.17, 15) is 13.6 Å². The number of carbonyl (C=O) groups is 1. The van der Waals surface area contributed by atoms with Crippen molar-refractivity contribution < 1.29 is 39.9 Å². The largest absolute Gasteiger partial charge is 1.00 e. The minimum atomic E-state index is -2.87. The Balaban J connectivity index is 0.00000225. The highest BCUT2D eigenvalue weighted by atomic mass is 79.9. The monoisotopic (exact) mass is 448 g/mol. The summed E-state index contributed by atoms with van der Waals surface area (Å²) in [5.74, 6) is 1.12. The first-order valence-corrected chi connectivity index (χ1v) is 8.87. The summed E-state index contributed by atoms with van der Waals surface area (Å²) in [4.78, 5) is 12.7. The summed E-state index contributed by atoms with van der Waals surface area (Å²) in [5, 5.41) is 0. The van der Waals surface area contributed by atoms with E-state index in [1.165, 1.54) is 24.3 Å². The number of nitrogens with zero attached hydrogens (tertiary/aromatic N) is 2. The van der Waals surface area contributed by atoms with E-state index in [4.69, 9.17) is 0 Å². The number of carbonyl (C=O) groups excluding carboxylic acids is 1. The molecular formula is C21H19BrF2N2O2. The normalized spacial score (nSPS) is 12.5. The van der Waals surface area contributed by atoms with Crippen molar-refractivity contribution in [2.24, 2.45) is 0 Å². The maximum Gasteiger partial charge on any atom is 0.387 e. The quantitative estimate of drug-likeness (QED) is 0.414. The van der Waals surface area contributed by atoms with Gasteiger partial charge in [-0.2, -0.15) is 8.78 Å². The van der Waals surface area contributed by atoms with Crippen LogP contribution in [0.5, 0.6) is 5.75 Å². The number of Topliss-reactive ketones (excluding diaryl/α,β-unsaturated/α-hetero) is 1. The van der Waals surface area contributed by atoms with Crippen LogP contribution in [0.2, 0.25) is 0 Å². The van der Waals surface area contributed by atoms with Crippen LogP contribution in [-0.4, -0.2) is 17.0 Å². The number of hydrogen-bond acceptors (Lipinski definition) is 2. The standard InChI is InChI=1S/C21H19F2N2O2.BrH/c22-21(23)27-17-10-8-16(9-11-17)19(26)14-24-13-18(15-5-2-1-3-6-15)25-12-4-7-20(24)25;/h1-3,5-6,8-11,13,21H,4,7,12,14H2;1H/q+1;/p-1. The Bertz CT molecular complexity index is 957. The van der Waals surface area contributed by atoms with Gasteiger partial charge in [0, 0.05) is 11.1 Å². The van der Waals surface area contributed by atoms with Gasteiger partial charge in [0.15, 0.2) is 12.2 Å². The van der Waals surface area contributed by atoms with Gasteiger partial charge in [0.2, 0.25) is 5.78 Å². The SMILES string of the molecule is O=C(C[n+]1cc(-c2ccccc2)n2c1CCC2)c1ccc(OC(F)F)cc1.[Br-]. The highest BCUT2D eigenvalue weighted by Gasteiger charge is 2.29. The molecule has 1 aromatic heterocycles. The summed E-state index contributed by atoms with van der Waals surface area (Å²) in [6, 6.07) is 15.9. The van der Waals surface area contributed by atoms with Crippen LogP contribution in [0.1, 0.15) is 22.6 Å². The number of benzene rings is 2. The van der Waals surface area contributed by atoms with E-state index in [2.05, 4.69) is 21.4 Å². The molecule has 0 atom stereocenters. The highest BCUT2D eigenvalue weighted by molar-refractivity contribution is 5.95. The lowest BCUT2D eigenvalue weighted by Gasteiger charge is -2.05. The number of alkyl halides is 2. The lowest BCUT2D eigenvalue weighted by atomic mass is 10.1. The first-order valence-electron chi connectivity index (χ1n) is 8.87. The molecule has 4 nitrogen and oxygen atoms in total. The van der Waals surface area contributed by atoms with Crippen LogP contribution in [0, 0.1) is 0 Å². The number of rotatable bonds is 6. The van der Waals surface area contributed by atoms with Gasteiger partial charge in [-0.1, -0.05) is 30.3 Å². The van der Waals surface area contributed by atoms with Crippen molar-refractivity contribution in [1.82, 2.24) is 4.57 Å². The summed E-state index contributed by atoms with van der Waals surface area (Å²) in [6.45, 7) is -1.71. The predicted molar refractivity (Wildman–Crippen MR) is 95.8 cm³/mol. The topological polar surface area (TPSA) is 35.1 Å². The van der Waals surface area contributed by atoms with E-state index in [1.54, 1.807) is 0 Å². The van der Waals surface area contributed by atoms with Crippen molar-refractivity contribution in [2.75, 3.05) is 0 Å². The average molecular weight is 449 g/mol. The maximum absolute atomic E-state index is 12.7. The van der Waals surface area contributed by atoms with Crippen molar-refractivity contribution in [1.29, 1.82) is 0 Å². The Morgan fingerprint density at radius 3 is 2.50 bits per heavy atom. The summed E-state index contributed by atoms with van der Waals surface area (Å²) < 4.78 is 33.1. The fraction of sp³-hybridized carbons (Fsp3) is 0.238. The Kier molecular flexibility index (Phi) is 6.24. The molecule has 0 bridgehead atoms.